The average molecular weight is 179 g/mol. The van der Waals surface area contributed by atoms with Gasteiger partial charge >= 0.3 is 0 Å². The maximum absolute atomic E-state index is 5.09. The number of aromatic nitrogens is 3. The minimum absolute atomic E-state index is 0.00597. The quantitative estimate of drug-likeness (QED) is 0.622. The summed E-state index contributed by atoms with van der Waals surface area (Å²) in [6.07, 6.45) is 1.88. The van der Waals surface area contributed by atoms with Crippen LogP contribution in [-0.2, 0) is 5.54 Å². The molecule has 2 heterocycles. The Morgan fingerprint density at radius 2 is 2.08 bits per heavy atom. The summed E-state index contributed by atoms with van der Waals surface area (Å²) >= 11 is 0. The van der Waals surface area contributed by atoms with Crippen LogP contribution in [0.3, 0.4) is 0 Å². The highest BCUT2D eigenvalue weighted by atomic mass is 16.5. The number of hydrogen-bond donors (Lipinski definition) is 0. The van der Waals surface area contributed by atoms with Gasteiger partial charge in [-0.1, -0.05) is 5.16 Å². The van der Waals surface area contributed by atoms with Crippen LogP contribution < -0.4 is 0 Å². The van der Waals surface area contributed by atoms with E-state index < -0.39 is 0 Å². The number of hydrogen-bond acceptors (Lipinski definition) is 3. The van der Waals surface area contributed by atoms with Crippen LogP contribution in [0.2, 0.25) is 0 Å². The first-order valence-corrected chi connectivity index (χ1v) is 4.30. The van der Waals surface area contributed by atoms with Crippen LogP contribution in [0.1, 0.15) is 26.5 Å². The molecule has 0 aliphatic rings. The molecule has 0 bridgehead atoms. The van der Waals surface area contributed by atoms with Gasteiger partial charge in [-0.25, -0.2) is 0 Å². The molecule has 70 valence electrons. The summed E-state index contributed by atoms with van der Waals surface area (Å²) in [5.41, 5.74) is 2.45. The Hall–Kier alpha value is -1.32. The summed E-state index contributed by atoms with van der Waals surface area (Å²) in [4.78, 5) is 0. The van der Waals surface area contributed by atoms with Gasteiger partial charge in [0.1, 0.15) is 5.69 Å². The molecule has 2 aromatic heterocycles. The van der Waals surface area contributed by atoms with E-state index in [1.165, 1.54) is 0 Å². The normalized spacial score (nSPS) is 12.6. The van der Waals surface area contributed by atoms with Crippen LogP contribution in [0.25, 0.3) is 11.1 Å². The number of rotatable bonds is 0. The van der Waals surface area contributed by atoms with Crippen molar-refractivity contribution in [3.63, 3.8) is 0 Å². The van der Waals surface area contributed by atoms with Crippen molar-refractivity contribution in [2.24, 2.45) is 0 Å². The van der Waals surface area contributed by atoms with E-state index in [9.17, 15) is 0 Å². The maximum atomic E-state index is 5.09. The minimum Gasteiger partial charge on any atom is -0.353 e. The topological polar surface area (TPSA) is 43.9 Å². The largest absolute Gasteiger partial charge is 0.353 e. The van der Waals surface area contributed by atoms with E-state index >= 15 is 0 Å². The Balaban J connectivity index is 2.63. The highest BCUT2D eigenvalue weighted by Gasteiger charge is 2.17. The van der Waals surface area contributed by atoms with Crippen molar-refractivity contribution in [3.05, 3.63) is 11.9 Å². The summed E-state index contributed by atoms with van der Waals surface area (Å²) in [5, 5.41) is 8.23. The van der Waals surface area contributed by atoms with Crippen molar-refractivity contribution in [1.29, 1.82) is 0 Å². The number of fused-ring (bicyclic) bond motifs is 1. The first-order chi connectivity index (χ1) is 5.98. The lowest BCUT2D eigenvalue weighted by molar-refractivity contribution is 0.354. The average Bonchev–Trinajstić information content (AvgIpc) is 2.51. The van der Waals surface area contributed by atoms with Crippen molar-refractivity contribution in [2.75, 3.05) is 0 Å². The molecule has 0 unspecified atom stereocenters. The fourth-order valence-corrected chi connectivity index (χ4v) is 1.18. The van der Waals surface area contributed by atoms with Crippen LogP contribution in [-0.4, -0.2) is 14.9 Å². The van der Waals surface area contributed by atoms with Crippen LogP contribution in [0.15, 0.2) is 10.7 Å². The lowest BCUT2D eigenvalue weighted by Crippen LogP contribution is -2.22. The van der Waals surface area contributed by atoms with Crippen molar-refractivity contribution in [1.82, 2.24) is 14.9 Å². The van der Waals surface area contributed by atoms with Crippen molar-refractivity contribution in [3.8, 4) is 0 Å². The molecule has 13 heavy (non-hydrogen) atoms. The second kappa shape index (κ2) is 2.34. The predicted molar refractivity (Wildman–Crippen MR) is 49.5 cm³/mol. The SMILES string of the molecule is Cc1noc2cn(C(C)(C)C)nc12. The molecule has 0 spiro atoms. The standard InChI is InChI=1S/C9H13N3O/c1-6-8-7(13-11-6)5-12(10-8)9(2,3)4/h5H,1-4H3. The smallest absolute Gasteiger partial charge is 0.205 e. The van der Waals surface area contributed by atoms with Gasteiger partial charge < -0.3 is 4.52 Å². The molecule has 0 aliphatic carbocycles. The molecule has 0 fully saturated rings. The van der Waals surface area contributed by atoms with Crippen LogP contribution in [0.4, 0.5) is 0 Å². The van der Waals surface area contributed by atoms with Gasteiger partial charge in [0.15, 0.2) is 5.52 Å². The van der Waals surface area contributed by atoms with Gasteiger partial charge in [0.2, 0.25) is 5.58 Å². The highest BCUT2D eigenvalue weighted by Crippen LogP contribution is 2.20. The molecule has 0 amide bonds. The molecule has 0 N–H and O–H groups in total. The van der Waals surface area contributed by atoms with E-state index in [1.54, 1.807) is 0 Å². The van der Waals surface area contributed by atoms with E-state index in [-0.39, 0.29) is 5.54 Å². The molecule has 0 radical (unpaired) electrons. The van der Waals surface area contributed by atoms with Gasteiger partial charge in [0.25, 0.3) is 0 Å². The first kappa shape index (κ1) is 8.29. The molecule has 0 atom stereocenters. The summed E-state index contributed by atoms with van der Waals surface area (Å²) in [6, 6.07) is 0. The predicted octanol–water partition coefficient (Wildman–Crippen LogP) is 2.09. The third-order valence-corrected chi connectivity index (χ3v) is 1.99. The molecule has 0 saturated carbocycles. The van der Waals surface area contributed by atoms with E-state index in [0.29, 0.717) is 0 Å². The lowest BCUT2D eigenvalue weighted by atomic mass is 10.1. The van der Waals surface area contributed by atoms with Gasteiger partial charge in [-0.15, -0.1) is 0 Å². The molecule has 2 aromatic rings. The fraction of sp³-hybridized carbons (Fsp3) is 0.556. The number of aryl methyl sites for hydroxylation is 1. The third kappa shape index (κ3) is 1.22. The monoisotopic (exact) mass is 179 g/mol. The summed E-state index contributed by atoms with van der Waals surface area (Å²) in [6.45, 7) is 8.19. The van der Waals surface area contributed by atoms with Crippen molar-refractivity contribution < 1.29 is 4.52 Å². The van der Waals surface area contributed by atoms with Gasteiger partial charge in [-0.2, -0.15) is 5.10 Å². The van der Waals surface area contributed by atoms with Gasteiger partial charge in [0.05, 0.1) is 11.7 Å². The Morgan fingerprint density at radius 3 is 2.62 bits per heavy atom. The lowest BCUT2D eigenvalue weighted by Gasteiger charge is -2.18. The highest BCUT2D eigenvalue weighted by molar-refractivity contribution is 5.73. The molecular weight excluding hydrogens is 166 g/mol. The Bertz CT molecular complexity index is 433. The molecule has 0 aromatic carbocycles. The summed E-state index contributed by atoms with van der Waals surface area (Å²) < 4.78 is 6.99. The van der Waals surface area contributed by atoms with E-state index in [2.05, 4.69) is 31.0 Å². The van der Waals surface area contributed by atoms with E-state index in [4.69, 9.17) is 4.52 Å². The Kier molecular flexibility index (Phi) is 1.49. The second-order valence-corrected chi connectivity index (χ2v) is 4.23. The van der Waals surface area contributed by atoms with Gasteiger partial charge in [0, 0.05) is 0 Å². The van der Waals surface area contributed by atoms with Crippen LogP contribution in [0.5, 0.6) is 0 Å². The number of nitrogens with zero attached hydrogens (tertiary/aromatic N) is 3. The Labute approximate surface area is 76.5 Å². The summed E-state index contributed by atoms with van der Waals surface area (Å²) in [7, 11) is 0. The molecular formula is C9H13N3O. The zero-order valence-electron chi connectivity index (χ0n) is 8.33. The third-order valence-electron chi connectivity index (χ3n) is 1.99. The zero-order valence-corrected chi connectivity index (χ0v) is 8.33. The fourth-order valence-electron chi connectivity index (χ4n) is 1.18. The molecule has 0 aliphatic heterocycles. The van der Waals surface area contributed by atoms with Gasteiger partial charge in [-0.3, -0.25) is 4.68 Å². The molecule has 0 saturated heterocycles. The van der Waals surface area contributed by atoms with Crippen LogP contribution >= 0.6 is 0 Å². The molecule has 4 heteroatoms. The molecule has 4 nitrogen and oxygen atoms in total. The van der Waals surface area contributed by atoms with E-state index in [0.717, 1.165) is 16.8 Å². The maximum Gasteiger partial charge on any atom is 0.205 e. The van der Waals surface area contributed by atoms with Gasteiger partial charge in [-0.05, 0) is 27.7 Å². The second-order valence-electron chi connectivity index (χ2n) is 4.23. The summed E-state index contributed by atoms with van der Waals surface area (Å²) in [5.74, 6) is 0. The minimum atomic E-state index is -0.00597. The first-order valence-electron chi connectivity index (χ1n) is 4.30. The zero-order chi connectivity index (χ0) is 9.64. The van der Waals surface area contributed by atoms with Crippen molar-refractivity contribution in [2.45, 2.75) is 33.2 Å². The van der Waals surface area contributed by atoms with Crippen LogP contribution in [0, 0.1) is 6.92 Å². The van der Waals surface area contributed by atoms with Crippen molar-refractivity contribution >= 4 is 11.1 Å². The molecule has 2 rings (SSSR count). The van der Waals surface area contributed by atoms with E-state index in [1.807, 2.05) is 17.8 Å². The Morgan fingerprint density at radius 1 is 1.38 bits per heavy atom.